The van der Waals surface area contributed by atoms with Gasteiger partial charge in [-0.1, -0.05) is 25.6 Å². The van der Waals surface area contributed by atoms with Gasteiger partial charge >= 0.3 is 5.63 Å². The van der Waals surface area contributed by atoms with Crippen molar-refractivity contribution in [2.75, 3.05) is 0 Å². The lowest BCUT2D eigenvalue weighted by Crippen LogP contribution is -2.06. The fourth-order valence-electron chi connectivity index (χ4n) is 2.70. The van der Waals surface area contributed by atoms with Gasteiger partial charge in [0.2, 0.25) is 0 Å². The minimum Gasteiger partial charge on any atom is -0.423 e. The van der Waals surface area contributed by atoms with E-state index >= 15 is 0 Å². The second-order valence-electron chi connectivity index (χ2n) is 5.98. The van der Waals surface area contributed by atoms with Crippen LogP contribution in [0.3, 0.4) is 0 Å². The number of fused-ring (bicyclic) bond motifs is 1. The van der Waals surface area contributed by atoms with E-state index in [1.165, 1.54) is 35.7 Å². The first-order valence-electron chi connectivity index (χ1n) is 7.69. The highest BCUT2D eigenvalue weighted by Gasteiger charge is 2.12. The van der Waals surface area contributed by atoms with Gasteiger partial charge in [0.25, 0.3) is 5.56 Å². The second-order valence-corrected chi connectivity index (χ2v) is 6.94. The predicted molar refractivity (Wildman–Crippen MR) is 95.7 cm³/mol. The van der Waals surface area contributed by atoms with Gasteiger partial charge in [0.15, 0.2) is 5.16 Å². The van der Waals surface area contributed by atoms with E-state index in [1.54, 1.807) is 0 Å². The lowest BCUT2D eigenvalue weighted by molar-refractivity contribution is 0.559. The van der Waals surface area contributed by atoms with Crippen LogP contribution in [0.4, 0.5) is 0 Å². The van der Waals surface area contributed by atoms with Gasteiger partial charge in [-0.15, -0.1) is 0 Å². The van der Waals surface area contributed by atoms with Gasteiger partial charge in [-0.2, -0.15) is 0 Å². The van der Waals surface area contributed by atoms with Gasteiger partial charge < -0.3 is 9.40 Å². The molecule has 0 fully saturated rings. The molecule has 1 N–H and O–H groups in total. The Kier molecular flexibility index (Phi) is 4.57. The number of aromatic nitrogens is 2. The van der Waals surface area contributed by atoms with Crippen molar-refractivity contribution in [3.05, 3.63) is 67.9 Å². The molecule has 2 heterocycles. The van der Waals surface area contributed by atoms with Crippen molar-refractivity contribution in [2.24, 2.45) is 0 Å². The molecule has 3 rings (SSSR count). The van der Waals surface area contributed by atoms with E-state index in [4.69, 9.17) is 4.42 Å². The Morgan fingerprint density at radius 1 is 1.25 bits per heavy atom. The zero-order valence-corrected chi connectivity index (χ0v) is 14.6. The van der Waals surface area contributed by atoms with Crippen molar-refractivity contribution in [1.29, 1.82) is 0 Å². The van der Waals surface area contributed by atoms with Crippen molar-refractivity contribution in [3.63, 3.8) is 0 Å². The molecule has 0 saturated carbocycles. The zero-order chi connectivity index (χ0) is 17.3. The molecule has 0 aliphatic rings. The van der Waals surface area contributed by atoms with E-state index in [1.807, 2.05) is 13.0 Å². The molecular formula is C18H18N2O3S. The van der Waals surface area contributed by atoms with E-state index in [0.717, 1.165) is 16.5 Å². The molecule has 5 nitrogen and oxygen atoms in total. The molecule has 124 valence electrons. The molecule has 0 aliphatic carbocycles. The van der Waals surface area contributed by atoms with Gasteiger partial charge in [-0.05, 0) is 41.7 Å². The Morgan fingerprint density at radius 2 is 2.04 bits per heavy atom. The molecule has 2 aromatic heterocycles. The van der Waals surface area contributed by atoms with Crippen molar-refractivity contribution < 1.29 is 4.42 Å². The fourth-order valence-corrected chi connectivity index (χ4v) is 3.54. The minimum atomic E-state index is -0.371. The molecule has 0 atom stereocenters. The maximum Gasteiger partial charge on any atom is 0.336 e. The Hall–Kier alpha value is -2.34. The lowest BCUT2D eigenvalue weighted by Gasteiger charge is -2.12. The molecule has 24 heavy (non-hydrogen) atoms. The average Bonchev–Trinajstić information content (AvgIpc) is 2.51. The summed E-state index contributed by atoms with van der Waals surface area (Å²) in [6.45, 7) is 6.30. The minimum absolute atomic E-state index is 0.192. The standard InChI is InChI=1S/C18H18N2O3S/c1-10(2)13-8-14-12(7-17(22)23-15(14)6-11(13)3)9-24-18-19-5-4-16(21)20-18/h4-8,10H,9H2,1-3H3,(H,19,20,21). The summed E-state index contributed by atoms with van der Waals surface area (Å²) in [4.78, 5) is 30.0. The largest absolute Gasteiger partial charge is 0.423 e. The van der Waals surface area contributed by atoms with Crippen molar-refractivity contribution >= 4 is 22.7 Å². The predicted octanol–water partition coefficient (Wildman–Crippen LogP) is 3.60. The van der Waals surface area contributed by atoms with Crippen LogP contribution in [-0.2, 0) is 5.75 Å². The van der Waals surface area contributed by atoms with Gasteiger partial charge in [-0.25, -0.2) is 9.78 Å². The smallest absolute Gasteiger partial charge is 0.336 e. The molecule has 1 aromatic carbocycles. The van der Waals surface area contributed by atoms with Gasteiger partial charge in [0.1, 0.15) is 5.58 Å². The highest BCUT2D eigenvalue weighted by Crippen LogP contribution is 2.29. The topological polar surface area (TPSA) is 76.0 Å². The van der Waals surface area contributed by atoms with Crippen LogP contribution in [0.5, 0.6) is 0 Å². The number of hydrogen-bond acceptors (Lipinski definition) is 5. The summed E-state index contributed by atoms with van der Waals surface area (Å²) in [5.41, 5.74) is 3.24. The number of hydrogen-bond donors (Lipinski definition) is 1. The molecule has 6 heteroatoms. The van der Waals surface area contributed by atoms with Crippen LogP contribution in [0.25, 0.3) is 11.0 Å². The third kappa shape index (κ3) is 3.43. The number of rotatable bonds is 4. The Morgan fingerprint density at radius 3 is 2.75 bits per heavy atom. The zero-order valence-electron chi connectivity index (χ0n) is 13.8. The summed E-state index contributed by atoms with van der Waals surface area (Å²) in [6, 6.07) is 6.89. The maximum absolute atomic E-state index is 11.9. The molecule has 3 aromatic rings. The number of nitrogens with one attached hydrogen (secondary N) is 1. The van der Waals surface area contributed by atoms with E-state index < -0.39 is 0 Å². The van der Waals surface area contributed by atoms with Crippen molar-refractivity contribution in [1.82, 2.24) is 9.97 Å². The Bertz CT molecular complexity index is 1010. The molecule has 0 unspecified atom stereocenters. The van der Waals surface area contributed by atoms with E-state index in [9.17, 15) is 9.59 Å². The van der Waals surface area contributed by atoms with Gasteiger partial charge in [0.05, 0.1) is 0 Å². The molecule has 0 bridgehead atoms. The van der Waals surface area contributed by atoms with Crippen LogP contribution in [0, 0.1) is 6.92 Å². The third-order valence-electron chi connectivity index (χ3n) is 3.85. The fraction of sp³-hybridized carbons (Fsp3) is 0.278. The average molecular weight is 342 g/mol. The van der Waals surface area contributed by atoms with E-state index in [2.05, 4.69) is 29.9 Å². The van der Waals surface area contributed by atoms with Crippen LogP contribution < -0.4 is 11.2 Å². The first-order valence-corrected chi connectivity index (χ1v) is 8.68. The summed E-state index contributed by atoms with van der Waals surface area (Å²) in [7, 11) is 0. The summed E-state index contributed by atoms with van der Waals surface area (Å²) >= 11 is 1.38. The maximum atomic E-state index is 11.9. The van der Waals surface area contributed by atoms with Crippen LogP contribution >= 0.6 is 11.8 Å². The summed E-state index contributed by atoms with van der Waals surface area (Å²) in [6.07, 6.45) is 1.47. The first kappa shape index (κ1) is 16.5. The second kappa shape index (κ2) is 6.65. The number of aromatic amines is 1. The number of H-pyrrole nitrogens is 1. The molecule has 0 aliphatic heterocycles. The summed E-state index contributed by atoms with van der Waals surface area (Å²) in [5.74, 6) is 0.907. The number of aryl methyl sites for hydroxylation is 1. The van der Waals surface area contributed by atoms with Crippen LogP contribution in [0.2, 0.25) is 0 Å². The number of nitrogens with zero attached hydrogens (tertiary/aromatic N) is 1. The van der Waals surface area contributed by atoms with Crippen LogP contribution in [0.1, 0.15) is 36.5 Å². The quantitative estimate of drug-likeness (QED) is 0.445. The van der Waals surface area contributed by atoms with E-state index in [-0.39, 0.29) is 11.2 Å². The normalized spacial score (nSPS) is 11.3. The van der Waals surface area contributed by atoms with Crippen LogP contribution in [0.15, 0.2) is 49.6 Å². The summed E-state index contributed by atoms with van der Waals surface area (Å²) < 4.78 is 5.35. The number of benzene rings is 1. The molecule has 0 spiro atoms. The molecule has 0 saturated heterocycles. The third-order valence-corrected chi connectivity index (χ3v) is 4.79. The Labute approximate surface area is 143 Å². The highest BCUT2D eigenvalue weighted by molar-refractivity contribution is 7.98. The lowest BCUT2D eigenvalue weighted by atomic mass is 9.95. The van der Waals surface area contributed by atoms with E-state index in [0.29, 0.717) is 22.4 Å². The molecule has 0 radical (unpaired) electrons. The first-order chi connectivity index (χ1) is 11.4. The molecular weight excluding hydrogens is 324 g/mol. The molecule has 0 amide bonds. The van der Waals surface area contributed by atoms with Crippen molar-refractivity contribution in [2.45, 2.75) is 37.6 Å². The van der Waals surface area contributed by atoms with Gasteiger partial charge in [0, 0.05) is 29.5 Å². The monoisotopic (exact) mass is 342 g/mol. The summed E-state index contributed by atoms with van der Waals surface area (Å²) in [5, 5.41) is 1.45. The highest BCUT2D eigenvalue weighted by atomic mass is 32.2. The SMILES string of the molecule is Cc1cc2oc(=O)cc(CSc3nccc(=O)[nH]3)c2cc1C(C)C. The number of thioether (sulfide) groups is 1. The van der Waals surface area contributed by atoms with Crippen molar-refractivity contribution in [3.8, 4) is 0 Å². The Balaban J connectivity index is 2.04. The van der Waals surface area contributed by atoms with Gasteiger partial charge in [-0.3, -0.25) is 4.79 Å². The van der Waals surface area contributed by atoms with Crippen LogP contribution in [-0.4, -0.2) is 9.97 Å².